The lowest BCUT2D eigenvalue weighted by molar-refractivity contribution is -0.135. The first-order valence-corrected chi connectivity index (χ1v) is 8.67. The van der Waals surface area contributed by atoms with Gasteiger partial charge < -0.3 is 9.64 Å². The van der Waals surface area contributed by atoms with Gasteiger partial charge in [-0.2, -0.15) is 0 Å². The molecular weight excluding hydrogens is 262 g/mol. The number of hydrogen-bond donors (Lipinski definition) is 0. The van der Waals surface area contributed by atoms with Crippen LogP contribution in [-0.4, -0.2) is 37.1 Å². The van der Waals surface area contributed by atoms with E-state index in [1.54, 1.807) is 0 Å². The monoisotopic (exact) mass is 295 g/mol. The van der Waals surface area contributed by atoms with E-state index < -0.39 is 0 Å². The van der Waals surface area contributed by atoms with Crippen molar-refractivity contribution in [3.63, 3.8) is 0 Å². The highest BCUT2D eigenvalue weighted by atomic mass is 16.5. The van der Waals surface area contributed by atoms with Crippen molar-refractivity contribution in [1.82, 2.24) is 4.90 Å². The Morgan fingerprint density at radius 3 is 2.48 bits per heavy atom. The number of rotatable bonds is 6. The summed E-state index contributed by atoms with van der Waals surface area (Å²) in [5.74, 6) is 2.40. The fourth-order valence-electron chi connectivity index (χ4n) is 3.86. The number of ether oxygens (including phenoxy) is 1. The molecule has 0 aromatic carbocycles. The molecular formula is C18H33NO2. The summed E-state index contributed by atoms with van der Waals surface area (Å²) >= 11 is 0. The zero-order valence-electron chi connectivity index (χ0n) is 14.5. The molecule has 0 N–H and O–H groups in total. The van der Waals surface area contributed by atoms with E-state index in [1.807, 2.05) is 0 Å². The van der Waals surface area contributed by atoms with Crippen LogP contribution >= 0.6 is 0 Å². The molecule has 2 rings (SSSR count). The van der Waals surface area contributed by atoms with Gasteiger partial charge in [-0.05, 0) is 37.0 Å². The molecule has 3 unspecified atom stereocenters. The second-order valence-corrected chi connectivity index (χ2v) is 8.32. The number of nitrogens with zero attached hydrogens (tertiary/aromatic N) is 1. The van der Waals surface area contributed by atoms with Crippen LogP contribution in [0.1, 0.15) is 53.9 Å². The van der Waals surface area contributed by atoms with Gasteiger partial charge in [0.2, 0.25) is 5.91 Å². The molecule has 3 nitrogen and oxygen atoms in total. The average Bonchev–Trinajstić information content (AvgIpc) is 2.83. The van der Waals surface area contributed by atoms with Crippen LogP contribution in [0, 0.1) is 29.1 Å². The summed E-state index contributed by atoms with van der Waals surface area (Å²) in [7, 11) is 0. The molecule has 0 bridgehead atoms. The minimum atomic E-state index is 0.159. The van der Waals surface area contributed by atoms with Crippen LogP contribution in [0.15, 0.2) is 0 Å². The lowest BCUT2D eigenvalue weighted by Crippen LogP contribution is -2.41. The van der Waals surface area contributed by atoms with E-state index >= 15 is 0 Å². The summed E-state index contributed by atoms with van der Waals surface area (Å²) in [4.78, 5) is 14.5. The number of carbonyl (C=O) groups is 1. The number of carbonyl (C=O) groups excluding carboxylic acids is 1. The molecule has 0 saturated carbocycles. The molecule has 2 fully saturated rings. The summed E-state index contributed by atoms with van der Waals surface area (Å²) in [6, 6.07) is 0. The van der Waals surface area contributed by atoms with Crippen LogP contribution in [0.5, 0.6) is 0 Å². The fraction of sp³-hybridized carbons (Fsp3) is 0.944. The Balaban J connectivity index is 1.75. The topological polar surface area (TPSA) is 29.5 Å². The highest BCUT2D eigenvalue weighted by Gasteiger charge is 2.36. The Morgan fingerprint density at radius 2 is 1.95 bits per heavy atom. The maximum atomic E-state index is 12.4. The molecule has 0 aliphatic carbocycles. The largest absolute Gasteiger partial charge is 0.380 e. The average molecular weight is 295 g/mol. The van der Waals surface area contributed by atoms with E-state index in [0.717, 1.165) is 32.2 Å². The molecule has 122 valence electrons. The highest BCUT2D eigenvalue weighted by molar-refractivity contribution is 5.79. The van der Waals surface area contributed by atoms with Crippen molar-refractivity contribution >= 4 is 5.91 Å². The molecule has 1 amide bonds. The highest BCUT2D eigenvalue weighted by Crippen LogP contribution is 2.37. The molecule has 0 aromatic rings. The second kappa shape index (κ2) is 6.68. The Kier molecular flexibility index (Phi) is 5.34. The molecule has 21 heavy (non-hydrogen) atoms. The Bertz CT molecular complexity index is 362. The van der Waals surface area contributed by atoms with Gasteiger partial charge in [0.1, 0.15) is 0 Å². The van der Waals surface area contributed by atoms with E-state index in [-0.39, 0.29) is 5.92 Å². The summed E-state index contributed by atoms with van der Waals surface area (Å²) in [5.41, 5.74) is 0.416. The fourth-order valence-corrected chi connectivity index (χ4v) is 3.86. The van der Waals surface area contributed by atoms with Crippen molar-refractivity contribution < 1.29 is 9.53 Å². The first-order valence-electron chi connectivity index (χ1n) is 8.67. The SMILES string of the molecule is CC(CC1CCN(C(=O)C(C)C(C)C)C1)CC1(C)COC1. The minimum Gasteiger partial charge on any atom is -0.380 e. The predicted octanol–water partition coefficient (Wildman–Crippen LogP) is 3.58. The molecule has 3 heteroatoms. The van der Waals surface area contributed by atoms with Crippen molar-refractivity contribution in [2.24, 2.45) is 29.1 Å². The van der Waals surface area contributed by atoms with E-state index in [0.29, 0.717) is 23.2 Å². The molecule has 0 spiro atoms. The molecule has 2 aliphatic rings. The van der Waals surface area contributed by atoms with Crippen molar-refractivity contribution in [3.8, 4) is 0 Å². The standard InChI is InChI=1S/C18H33NO2/c1-13(2)15(4)17(20)19-7-6-16(10-19)8-14(3)9-18(5)11-21-12-18/h13-16H,6-12H2,1-5H3. The van der Waals surface area contributed by atoms with Crippen LogP contribution in [-0.2, 0) is 9.53 Å². The zero-order chi connectivity index (χ0) is 15.6. The molecule has 2 heterocycles. The first-order chi connectivity index (χ1) is 9.81. The van der Waals surface area contributed by atoms with Crippen molar-refractivity contribution in [2.45, 2.75) is 53.9 Å². The lowest BCUT2D eigenvalue weighted by Gasteiger charge is -2.40. The summed E-state index contributed by atoms with van der Waals surface area (Å²) < 4.78 is 5.35. The van der Waals surface area contributed by atoms with Gasteiger partial charge in [-0.25, -0.2) is 0 Å². The predicted molar refractivity (Wildman–Crippen MR) is 86.0 cm³/mol. The van der Waals surface area contributed by atoms with Crippen molar-refractivity contribution in [3.05, 3.63) is 0 Å². The lowest BCUT2D eigenvalue weighted by atomic mass is 9.77. The van der Waals surface area contributed by atoms with Gasteiger partial charge in [0.15, 0.2) is 0 Å². The van der Waals surface area contributed by atoms with Crippen LogP contribution in [0.25, 0.3) is 0 Å². The smallest absolute Gasteiger partial charge is 0.225 e. The third-order valence-electron chi connectivity index (χ3n) is 5.47. The van der Waals surface area contributed by atoms with Crippen molar-refractivity contribution in [2.75, 3.05) is 26.3 Å². The van der Waals surface area contributed by atoms with Crippen LogP contribution in [0.3, 0.4) is 0 Å². The zero-order valence-corrected chi connectivity index (χ0v) is 14.5. The summed E-state index contributed by atoms with van der Waals surface area (Å²) in [6.45, 7) is 14.9. The maximum Gasteiger partial charge on any atom is 0.225 e. The molecule has 2 aliphatic heterocycles. The van der Waals surface area contributed by atoms with Crippen LogP contribution < -0.4 is 0 Å². The number of amides is 1. The Hall–Kier alpha value is -0.570. The van der Waals surface area contributed by atoms with Crippen LogP contribution in [0.2, 0.25) is 0 Å². The first kappa shape index (κ1) is 16.8. The number of hydrogen-bond acceptors (Lipinski definition) is 2. The normalized spacial score (nSPS) is 27.5. The van der Waals surface area contributed by atoms with Crippen LogP contribution in [0.4, 0.5) is 0 Å². The Morgan fingerprint density at radius 1 is 1.29 bits per heavy atom. The van der Waals surface area contributed by atoms with Gasteiger partial charge >= 0.3 is 0 Å². The van der Waals surface area contributed by atoms with Gasteiger partial charge in [-0.3, -0.25) is 4.79 Å². The van der Waals surface area contributed by atoms with Gasteiger partial charge in [-0.1, -0.05) is 34.6 Å². The van der Waals surface area contributed by atoms with Gasteiger partial charge in [0.25, 0.3) is 0 Å². The third kappa shape index (κ3) is 4.21. The Labute approximate surface area is 130 Å². The van der Waals surface area contributed by atoms with Gasteiger partial charge in [0, 0.05) is 24.4 Å². The molecule has 0 radical (unpaired) electrons. The van der Waals surface area contributed by atoms with E-state index in [4.69, 9.17) is 4.74 Å². The molecule has 0 aromatic heterocycles. The van der Waals surface area contributed by atoms with E-state index in [1.165, 1.54) is 19.3 Å². The van der Waals surface area contributed by atoms with Crippen molar-refractivity contribution in [1.29, 1.82) is 0 Å². The quantitative estimate of drug-likeness (QED) is 0.749. The maximum absolute atomic E-state index is 12.4. The van der Waals surface area contributed by atoms with Gasteiger partial charge in [0.05, 0.1) is 13.2 Å². The minimum absolute atomic E-state index is 0.159. The van der Waals surface area contributed by atoms with Gasteiger partial charge in [-0.15, -0.1) is 0 Å². The van der Waals surface area contributed by atoms with E-state index in [2.05, 4.69) is 39.5 Å². The summed E-state index contributed by atoms with van der Waals surface area (Å²) in [6.07, 6.45) is 3.71. The van der Waals surface area contributed by atoms with E-state index in [9.17, 15) is 4.79 Å². The molecule has 2 saturated heterocycles. The summed E-state index contributed by atoms with van der Waals surface area (Å²) in [5, 5.41) is 0. The molecule has 3 atom stereocenters. The number of likely N-dealkylation sites (tertiary alicyclic amines) is 1. The second-order valence-electron chi connectivity index (χ2n) is 8.32. The third-order valence-corrected chi connectivity index (χ3v) is 5.47.